The minimum absolute atomic E-state index is 0.238. The third-order valence-corrected chi connectivity index (χ3v) is 3.90. The molecule has 2 heterocycles. The second-order valence-electron chi connectivity index (χ2n) is 5.53. The Morgan fingerprint density at radius 1 is 1.19 bits per heavy atom. The molecule has 0 spiro atoms. The summed E-state index contributed by atoms with van der Waals surface area (Å²) >= 11 is 0. The molecule has 4 heteroatoms. The largest absolute Gasteiger partial charge is 0.377 e. The van der Waals surface area contributed by atoms with E-state index in [4.69, 9.17) is 0 Å². The second kappa shape index (κ2) is 5.20. The molecule has 1 aromatic carbocycles. The van der Waals surface area contributed by atoms with Crippen molar-refractivity contribution in [2.45, 2.75) is 26.8 Å². The van der Waals surface area contributed by atoms with E-state index in [9.17, 15) is 0 Å². The van der Waals surface area contributed by atoms with Gasteiger partial charge in [0.25, 0.3) is 0 Å². The zero-order chi connectivity index (χ0) is 15.0. The summed E-state index contributed by atoms with van der Waals surface area (Å²) in [7, 11) is 1.92. The van der Waals surface area contributed by atoms with Gasteiger partial charge in [0.05, 0.1) is 17.6 Å². The monoisotopic (exact) mass is 280 g/mol. The summed E-state index contributed by atoms with van der Waals surface area (Å²) in [5.74, 6) is 0. The molecule has 0 bridgehead atoms. The van der Waals surface area contributed by atoms with Gasteiger partial charge in [-0.15, -0.1) is 0 Å². The number of fused-ring (bicyclic) bond motifs is 1. The molecule has 3 rings (SSSR count). The Kier molecular flexibility index (Phi) is 3.37. The smallest absolute Gasteiger partial charge is 0.157 e. The zero-order valence-corrected chi connectivity index (χ0v) is 12.9. The summed E-state index contributed by atoms with van der Waals surface area (Å²) < 4.78 is 1.82. The van der Waals surface area contributed by atoms with Crippen LogP contribution < -0.4 is 5.32 Å². The maximum absolute atomic E-state index is 4.51. The number of nitrogens with one attached hydrogen (secondary N) is 1. The van der Waals surface area contributed by atoms with E-state index in [1.54, 1.807) is 0 Å². The minimum atomic E-state index is 0.238. The summed E-state index contributed by atoms with van der Waals surface area (Å²) in [5, 5.41) is 9.03. The van der Waals surface area contributed by atoms with Gasteiger partial charge in [-0.2, -0.15) is 5.10 Å². The Bertz CT molecular complexity index is 789. The van der Waals surface area contributed by atoms with Crippen LogP contribution in [-0.4, -0.2) is 14.8 Å². The molecule has 2 aromatic heterocycles. The lowest BCUT2D eigenvalue weighted by Gasteiger charge is -2.17. The molecule has 0 aliphatic rings. The number of anilines is 1. The van der Waals surface area contributed by atoms with Crippen LogP contribution in [0.5, 0.6) is 0 Å². The Morgan fingerprint density at radius 2 is 1.95 bits per heavy atom. The van der Waals surface area contributed by atoms with Gasteiger partial charge < -0.3 is 5.32 Å². The number of benzene rings is 1. The van der Waals surface area contributed by atoms with Crippen molar-refractivity contribution >= 4 is 16.7 Å². The first-order chi connectivity index (χ1) is 10.1. The van der Waals surface area contributed by atoms with E-state index in [0.717, 1.165) is 22.4 Å². The molecule has 1 atom stereocenters. The molecule has 0 radical (unpaired) electrons. The highest BCUT2D eigenvalue weighted by Gasteiger charge is 2.10. The molecule has 0 aliphatic carbocycles. The summed E-state index contributed by atoms with van der Waals surface area (Å²) in [6.45, 7) is 6.32. The number of nitrogens with zero attached hydrogens (tertiary/aromatic N) is 3. The van der Waals surface area contributed by atoms with Gasteiger partial charge in [0, 0.05) is 18.5 Å². The molecular weight excluding hydrogens is 260 g/mol. The lowest BCUT2D eigenvalue weighted by atomic mass is 10.0. The molecule has 4 nitrogen and oxygen atoms in total. The van der Waals surface area contributed by atoms with Gasteiger partial charge >= 0.3 is 0 Å². The highest BCUT2D eigenvalue weighted by Crippen LogP contribution is 2.24. The van der Waals surface area contributed by atoms with Gasteiger partial charge in [0.1, 0.15) is 0 Å². The summed E-state index contributed by atoms with van der Waals surface area (Å²) in [6.07, 6.45) is 1.87. The Hall–Kier alpha value is -2.36. The van der Waals surface area contributed by atoms with Gasteiger partial charge in [-0.25, -0.2) is 4.98 Å². The maximum Gasteiger partial charge on any atom is 0.157 e. The van der Waals surface area contributed by atoms with Crippen LogP contribution in [-0.2, 0) is 7.05 Å². The van der Waals surface area contributed by atoms with Crippen LogP contribution in [0.4, 0.5) is 5.69 Å². The number of aromatic nitrogens is 3. The van der Waals surface area contributed by atoms with Crippen molar-refractivity contribution in [2.24, 2.45) is 7.05 Å². The lowest BCUT2D eigenvalue weighted by Crippen LogP contribution is -2.08. The number of rotatable bonds is 3. The van der Waals surface area contributed by atoms with Crippen molar-refractivity contribution in [3.05, 3.63) is 53.3 Å². The van der Waals surface area contributed by atoms with Crippen LogP contribution >= 0.6 is 0 Å². The second-order valence-corrected chi connectivity index (χ2v) is 5.53. The van der Waals surface area contributed by atoms with Crippen LogP contribution in [0.15, 0.2) is 36.5 Å². The van der Waals surface area contributed by atoms with E-state index in [2.05, 4.69) is 59.6 Å². The standard InChI is InChI=1S/C17H20N4/c1-11-7-5-6-8-15(11)12(2)19-14-9-16-13(3)20-21(4)17(16)18-10-14/h5-10,12,19H,1-4H3. The Morgan fingerprint density at radius 3 is 2.71 bits per heavy atom. The molecule has 0 saturated heterocycles. The first-order valence-corrected chi connectivity index (χ1v) is 7.17. The van der Waals surface area contributed by atoms with Gasteiger partial charge in [-0.1, -0.05) is 24.3 Å². The van der Waals surface area contributed by atoms with Crippen molar-refractivity contribution in [3.63, 3.8) is 0 Å². The molecule has 0 aliphatic heterocycles. The van der Waals surface area contributed by atoms with Gasteiger partial charge in [0.15, 0.2) is 5.65 Å². The van der Waals surface area contributed by atoms with E-state index < -0.39 is 0 Å². The van der Waals surface area contributed by atoms with E-state index in [1.807, 2.05) is 24.9 Å². The first kappa shape index (κ1) is 13.6. The number of hydrogen-bond acceptors (Lipinski definition) is 3. The molecule has 108 valence electrons. The molecule has 21 heavy (non-hydrogen) atoms. The third-order valence-electron chi connectivity index (χ3n) is 3.90. The predicted octanol–water partition coefficient (Wildman–Crippen LogP) is 3.76. The zero-order valence-electron chi connectivity index (χ0n) is 12.9. The van der Waals surface area contributed by atoms with E-state index in [1.165, 1.54) is 11.1 Å². The Balaban J connectivity index is 1.91. The quantitative estimate of drug-likeness (QED) is 0.794. The predicted molar refractivity (Wildman–Crippen MR) is 86.5 cm³/mol. The van der Waals surface area contributed by atoms with E-state index in [-0.39, 0.29) is 6.04 Å². The van der Waals surface area contributed by atoms with Crippen molar-refractivity contribution in [3.8, 4) is 0 Å². The fourth-order valence-corrected chi connectivity index (χ4v) is 2.79. The van der Waals surface area contributed by atoms with Gasteiger partial charge in [-0.3, -0.25) is 4.68 Å². The van der Waals surface area contributed by atoms with Gasteiger partial charge in [0.2, 0.25) is 0 Å². The normalized spacial score (nSPS) is 12.6. The van der Waals surface area contributed by atoms with Crippen molar-refractivity contribution in [1.29, 1.82) is 0 Å². The summed E-state index contributed by atoms with van der Waals surface area (Å²) in [6, 6.07) is 10.8. The minimum Gasteiger partial charge on any atom is -0.377 e. The topological polar surface area (TPSA) is 42.7 Å². The van der Waals surface area contributed by atoms with Crippen LogP contribution in [0.2, 0.25) is 0 Å². The first-order valence-electron chi connectivity index (χ1n) is 7.17. The number of aryl methyl sites for hydroxylation is 3. The molecule has 0 amide bonds. The van der Waals surface area contributed by atoms with Crippen LogP contribution in [0.25, 0.3) is 11.0 Å². The molecule has 0 saturated carbocycles. The fraction of sp³-hybridized carbons (Fsp3) is 0.294. The average molecular weight is 280 g/mol. The highest BCUT2D eigenvalue weighted by atomic mass is 15.3. The summed E-state index contributed by atoms with van der Waals surface area (Å²) in [5.41, 5.74) is 5.55. The van der Waals surface area contributed by atoms with Gasteiger partial charge in [-0.05, 0) is 38.0 Å². The molecule has 1 N–H and O–H groups in total. The molecule has 0 fully saturated rings. The van der Waals surface area contributed by atoms with Crippen molar-refractivity contribution < 1.29 is 0 Å². The Labute approximate surface area is 124 Å². The van der Waals surface area contributed by atoms with E-state index >= 15 is 0 Å². The SMILES string of the molecule is Cc1ccccc1C(C)Nc1cnc2c(c1)c(C)nn2C. The third kappa shape index (κ3) is 2.49. The van der Waals surface area contributed by atoms with Crippen molar-refractivity contribution in [1.82, 2.24) is 14.8 Å². The molecular formula is C17H20N4. The number of pyridine rings is 1. The average Bonchev–Trinajstić information content (AvgIpc) is 2.74. The van der Waals surface area contributed by atoms with Crippen molar-refractivity contribution in [2.75, 3.05) is 5.32 Å². The van der Waals surface area contributed by atoms with Crippen LogP contribution in [0.3, 0.4) is 0 Å². The lowest BCUT2D eigenvalue weighted by molar-refractivity contribution is 0.773. The maximum atomic E-state index is 4.51. The van der Waals surface area contributed by atoms with Crippen LogP contribution in [0.1, 0.15) is 29.8 Å². The summed E-state index contributed by atoms with van der Waals surface area (Å²) in [4.78, 5) is 4.51. The van der Waals surface area contributed by atoms with E-state index in [0.29, 0.717) is 0 Å². The number of hydrogen-bond donors (Lipinski definition) is 1. The molecule has 1 unspecified atom stereocenters. The molecule has 3 aromatic rings. The highest BCUT2D eigenvalue weighted by molar-refractivity contribution is 5.81. The fourth-order valence-electron chi connectivity index (χ4n) is 2.79. The van der Waals surface area contributed by atoms with Crippen LogP contribution in [0, 0.1) is 13.8 Å².